The lowest BCUT2D eigenvalue weighted by molar-refractivity contribution is 0.0200. The van der Waals surface area contributed by atoms with E-state index in [1.807, 2.05) is 18.2 Å². The Balaban J connectivity index is 0.00000300. The van der Waals surface area contributed by atoms with Crippen molar-refractivity contribution in [2.24, 2.45) is 4.99 Å². The summed E-state index contributed by atoms with van der Waals surface area (Å²) in [4.78, 5) is 4.14. The van der Waals surface area contributed by atoms with E-state index in [0.29, 0.717) is 25.7 Å². The molecule has 2 aliphatic rings. The quantitative estimate of drug-likeness (QED) is 0.262. The molecule has 8 nitrogen and oxygen atoms in total. The minimum atomic E-state index is -3.35. The molecule has 1 aromatic carbocycles. The fourth-order valence-electron chi connectivity index (χ4n) is 3.36. The van der Waals surface area contributed by atoms with Crippen LogP contribution in [-0.2, 0) is 21.2 Å². The van der Waals surface area contributed by atoms with E-state index in [-0.39, 0.29) is 48.5 Å². The van der Waals surface area contributed by atoms with Gasteiger partial charge in [0.1, 0.15) is 11.9 Å². The minimum Gasteiger partial charge on any atom is -0.488 e. The lowest BCUT2D eigenvalue weighted by Crippen LogP contribution is -2.45. The van der Waals surface area contributed by atoms with Crippen LogP contribution in [0.5, 0.6) is 5.75 Å². The lowest BCUT2D eigenvalue weighted by atomic mass is 10.1. The smallest absolute Gasteiger partial charge is 0.213 e. The van der Waals surface area contributed by atoms with Crippen molar-refractivity contribution in [1.82, 2.24) is 15.4 Å². The van der Waals surface area contributed by atoms with E-state index in [1.165, 1.54) is 5.56 Å². The molecule has 3 N–H and O–H groups in total. The summed E-state index contributed by atoms with van der Waals surface area (Å²) in [5.41, 5.74) is 1.20. The third-order valence-electron chi connectivity index (χ3n) is 4.90. The first-order valence-electron chi connectivity index (χ1n) is 9.84. The number of nitrogens with zero attached hydrogens (tertiary/aromatic N) is 1. The zero-order chi connectivity index (χ0) is 19.8. The molecule has 164 valence electrons. The van der Waals surface area contributed by atoms with Crippen LogP contribution in [0.1, 0.15) is 24.8 Å². The lowest BCUT2D eigenvalue weighted by Gasteiger charge is -2.22. The molecule has 2 heterocycles. The molecule has 2 atom stereocenters. The van der Waals surface area contributed by atoms with Crippen LogP contribution in [0.4, 0.5) is 0 Å². The van der Waals surface area contributed by atoms with Crippen LogP contribution in [-0.4, -0.2) is 65.6 Å². The molecule has 0 radical (unpaired) electrons. The van der Waals surface area contributed by atoms with E-state index in [9.17, 15) is 8.42 Å². The molecular weight excluding hydrogens is 507 g/mol. The first-order valence-corrected chi connectivity index (χ1v) is 11.5. The Labute approximate surface area is 190 Å². The van der Waals surface area contributed by atoms with Gasteiger partial charge >= 0.3 is 0 Å². The van der Waals surface area contributed by atoms with E-state index < -0.39 is 10.0 Å². The number of rotatable bonds is 8. The van der Waals surface area contributed by atoms with Crippen LogP contribution < -0.4 is 20.1 Å². The van der Waals surface area contributed by atoms with Gasteiger partial charge in [-0.1, -0.05) is 18.2 Å². The molecule has 0 spiro atoms. The fourth-order valence-corrected chi connectivity index (χ4v) is 4.32. The standard InChI is InChI=1S/C19H30N4O4S.HI/c1-20-19(22-13-17-12-15-6-2-3-8-18(15)27-17)21-9-11-28(24,25)23-14-16-7-4-5-10-26-16;/h2-3,6,8,16-17,23H,4-5,7,9-14H2,1H3,(H2,20,21,22);1H. The van der Waals surface area contributed by atoms with E-state index in [0.717, 1.165) is 31.4 Å². The summed E-state index contributed by atoms with van der Waals surface area (Å²) in [5, 5.41) is 6.24. The van der Waals surface area contributed by atoms with Crippen LogP contribution in [0.15, 0.2) is 29.3 Å². The maximum Gasteiger partial charge on any atom is 0.213 e. The zero-order valence-corrected chi connectivity index (χ0v) is 19.9. The molecule has 0 saturated carbocycles. The van der Waals surface area contributed by atoms with E-state index >= 15 is 0 Å². The summed E-state index contributed by atoms with van der Waals surface area (Å²) in [5.74, 6) is 1.47. The number of para-hydroxylation sites is 1. The molecule has 0 amide bonds. The van der Waals surface area contributed by atoms with E-state index in [4.69, 9.17) is 9.47 Å². The van der Waals surface area contributed by atoms with Gasteiger partial charge in [-0.05, 0) is 30.9 Å². The number of nitrogens with one attached hydrogen (secondary N) is 3. The Morgan fingerprint density at radius 2 is 2.00 bits per heavy atom. The highest BCUT2D eigenvalue weighted by atomic mass is 127. The zero-order valence-electron chi connectivity index (χ0n) is 16.7. The third-order valence-corrected chi connectivity index (χ3v) is 6.25. The van der Waals surface area contributed by atoms with Gasteiger partial charge in [-0.2, -0.15) is 0 Å². The van der Waals surface area contributed by atoms with Crippen LogP contribution in [0.2, 0.25) is 0 Å². The van der Waals surface area contributed by atoms with Crippen molar-refractivity contribution in [2.75, 3.05) is 39.0 Å². The first-order chi connectivity index (χ1) is 13.6. The Morgan fingerprint density at radius 1 is 1.17 bits per heavy atom. The molecule has 3 rings (SSSR count). The summed E-state index contributed by atoms with van der Waals surface area (Å²) < 4.78 is 38.4. The number of ether oxygens (including phenoxy) is 2. The van der Waals surface area contributed by atoms with Gasteiger partial charge in [0.25, 0.3) is 0 Å². The van der Waals surface area contributed by atoms with Gasteiger partial charge in [-0.25, -0.2) is 13.1 Å². The number of hydrogen-bond acceptors (Lipinski definition) is 5. The summed E-state index contributed by atoms with van der Waals surface area (Å²) in [7, 11) is -1.69. The number of aliphatic imine (C=N–C) groups is 1. The largest absolute Gasteiger partial charge is 0.488 e. The normalized spacial score (nSPS) is 21.6. The van der Waals surface area contributed by atoms with Gasteiger partial charge in [0.2, 0.25) is 10.0 Å². The molecule has 0 bridgehead atoms. The summed E-state index contributed by atoms with van der Waals surface area (Å²) in [6, 6.07) is 8.01. The minimum absolute atomic E-state index is 0. The molecule has 2 aliphatic heterocycles. The van der Waals surface area contributed by atoms with Crippen LogP contribution in [0, 0.1) is 0 Å². The molecule has 1 fully saturated rings. The third kappa shape index (κ3) is 7.91. The monoisotopic (exact) mass is 538 g/mol. The van der Waals surface area contributed by atoms with Crippen molar-refractivity contribution >= 4 is 40.0 Å². The Kier molecular flexibility index (Phi) is 9.93. The predicted molar refractivity (Wildman–Crippen MR) is 125 cm³/mol. The molecule has 0 aromatic heterocycles. The first kappa shape index (κ1) is 24.2. The van der Waals surface area contributed by atoms with Crippen molar-refractivity contribution in [1.29, 1.82) is 0 Å². The molecule has 1 saturated heterocycles. The predicted octanol–water partition coefficient (Wildman–Crippen LogP) is 1.26. The summed E-state index contributed by atoms with van der Waals surface area (Å²) >= 11 is 0. The Morgan fingerprint density at radius 3 is 2.72 bits per heavy atom. The molecule has 0 aliphatic carbocycles. The second-order valence-corrected chi connectivity index (χ2v) is 9.01. The number of fused-ring (bicyclic) bond motifs is 1. The van der Waals surface area contributed by atoms with E-state index in [1.54, 1.807) is 7.05 Å². The van der Waals surface area contributed by atoms with Gasteiger partial charge in [-0.3, -0.25) is 4.99 Å². The van der Waals surface area contributed by atoms with Crippen molar-refractivity contribution in [2.45, 2.75) is 37.9 Å². The second-order valence-electron chi connectivity index (χ2n) is 7.09. The van der Waals surface area contributed by atoms with Gasteiger partial charge in [0.15, 0.2) is 5.96 Å². The summed E-state index contributed by atoms with van der Waals surface area (Å²) in [6.07, 6.45) is 3.92. The van der Waals surface area contributed by atoms with Gasteiger partial charge in [0, 0.05) is 33.2 Å². The second kappa shape index (κ2) is 11.9. The number of hydrogen-bond donors (Lipinski definition) is 3. The van der Waals surface area contributed by atoms with Gasteiger partial charge < -0.3 is 20.1 Å². The van der Waals surface area contributed by atoms with Crippen molar-refractivity contribution in [3.05, 3.63) is 29.8 Å². The molecule has 29 heavy (non-hydrogen) atoms. The highest BCUT2D eigenvalue weighted by Crippen LogP contribution is 2.27. The Bertz CT molecular complexity index is 744. The highest BCUT2D eigenvalue weighted by molar-refractivity contribution is 14.0. The average Bonchev–Trinajstić information content (AvgIpc) is 3.13. The topological polar surface area (TPSA) is 101 Å². The maximum absolute atomic E-state index is 12.1. The van der Waals surface area contributed by atoms with Crippen molar-refractivity contribution < 1.29 is 17.9 Å². The van der Waals surface area contributed by atoms with Crippen LogP contribution in [0.25, 0.3) is 0 Å². The van der Waals surface area contributed by atoms with Crippen LogP contribution in [0.3, 0.4) is 0 Å². The number of halogens is 1. The molecule has 10 heteroatoms. The van der Waals surface area contributed by atoms with Crippen molar-refractivity contribution in [3.8, 4) is 5.75 Å². The summed E-state index contributed by atoms with van der Waals surface area (Å²) in [6.45, 7) is 1.92. The maximum atomic E-state index is 12.1. The van der Waals surface area contributed by atoms with Crippen molar-refractivity contribution in [3.63, 3.8) is 0 Å². The SMILES string of the molecule is CN=C(NCCS(=O)(=O)NCC1CCCCO1)NCC1Cc2ccccc2O1.I. The fraction of sp³-hybridized carbons (Fsp3) is 0.632. The van der Waals surface area contributed by atoms with Gasteiger partial charge in [-0.15, -0.1) is 24.0 Å². The van der Waals surface area contributed by atoms with Gasteiger partial charge in [0.05, 0.1) is 18.4 Å². The number of sulfonamides is 1. The molecular formula is C19H31IN4O4S. The number of guanidine groups is 1. The number of benzene rings is 1. The highest BCUT2D eigenvalue weighted by Gasteiger charge is 2.22. The Hall–Kier alpha value is -1.11. The van der Waals surface area contributed by atoms with Crippen LogP contribution >= 0.6 is 24.0 Å². The average molecular weight is 538 g/mol. The molecule has 1 aromatic rings. The molecule has 2 unspecified atom stereocenters. The van der Waals surface area contributed by atoms with E-state index in [2.05, 4.69) is 26.4 Å².